The number of thioether (sulfide) groups is 1. The van der Waals surface area contributed by atoms with Crippen LogP contribution in [-0.2, 0) is 12.3 Å². The SMILES string of the molecule is CCNCc1c(C)nc(CSC)nc1C. The Morgan fingerprint density at radius 3 is 2.27 bits per heavy atom. The zero-order chi connectivity index (χ0) is 11.3. The molecule has 4 heteroatoms. The van der Waals surface area contributed by atoms with Crippen molar-refractivity contribution in [3.05, 3.63) is 22.8 Å². The van der Waals surface area contributed by atoms with E-state index in [1.165, 1.54) is 5.56 Å². The van der Waals surface area contributed by atoms with E-state index in [0.29, 0.717) is 0 Å². The first kappa shape index (κ1) is 12.5. The van der Waals surface area contributed by atoms with Gasteiger partial charge in [-0.3, -0.25) is 0 Å². The smallest absolute Gasteiger partial charge is 0.138 e. The Balaban J connectivity index is 2.88. The van der Waals surface area contributed by atoms with Crippen LogP contribution in [0.15, 0.2) is 0 Å². The summed E-state index contributed by atoms with van der Waals surface area (Å²) in [5.74, 6) is 1.83. The summed E-state index contributed by atoms with van der Waals surface area (Å²) < 4.78 is 0. The summed E-state index contributed by atoms with van der Waals surface area (Å²) >= 11 is 1.76. The summed E-state index contributed by atoms with van der Waals surface area (Å²) in [7, 11) is 0. The van der Waals surface area contributed by atoms with Gasteiger partial charge >= 0.3 is 0 Å². The molecule has 1 rings (SSSR count). The summed E-state index contributed by atoms with van der Waals surface area (Å²) in [5, 5.41) is 3.31. The Hall–Kier alpha value is -0.610. The van der Waals surface area contributed by atoms with Gasteiger partial charge in [-0.05, 0) is 26.6 Å². The molecule has 0 amide bonds. The van der Waals surface area contributed by atoms with Gasteiger partial charge in [-0.15, -0.1) is 0 Å². The van der Waals surface area contributed by atoms with Crippen molar-refractivity contribution in [2.45, 2.75) is 33.1 Å². The number of hydrogen-bond acceptors (Lipinski definition) is 4. The fourth-order valence-corrected chi connectivity index (χ4v) is 1.90. The van der Waals surface area contributed by atoms with E-state index in [-0.39, 0.29) is 0 Å². The third kappa shape index (κ3) is 3.47. The molecule has 0 aromatic carbocycles. The maximum Gasteiger partial charge on any atom is 0.138 e. The van der Waals surface area contributed by atoms with E-state index in [1.54, 1.807) is 11.8 Å². The molecule has 0 fully saturated rings. The largest absolute Gasteiger partial charge is 0.313 e. The lowest BCUT2D eigenvalue weighted by Crippen LogP contribution is -2.16. The number of rotatable bonds is 5. The second kappa shape index (κ2) is 6.08. The normalized spacial score (nSPS) is 10.7. The van der Waals surface area contributed by atoms with Crippen molar-refractivity contribution < 1.29 is 0 Å². The Morgan fingerprint density at radius 1 is 1.20 bits per heavy atom. The van der Waals surface area contributed by atoms with Gasteiger partial charge in [0.15, 0.2) is 0 Å². The third-order valence-corrected chi connectivity index (χ3v) is 2.84. The van der Waals surface area contributed by atoms with Gasteiger partial charge in [0, 0.05) is 23.5 Å². The molecule has 15 heavy (non-hydrogen) atoms. The van der Waals surface area contributed by atoms with Crippen LogP contribution in [0, 0.1) is 13.8 Å². The van der Waals surface area contributed by atoms with Crippen LogP contribution in [0.4, 0.5) is 0 Å². The highest BCUT2D eigenvalue weighted by Gasteiger charge is 2.07. The predicted molar refractivity (Wildman–Crippen MR) is 66.1 cm³/mol. The minimum Gasteiger partial charge on any atom is -0.313 e. The van der Waals surface area contributed by atoms with Crippen LogP contribution in [0.2, 0.25) is 0 Å². The van der Waals surface area contributed by atoms with Crippen molar-refractivity contribution in [3.63, 3.8) is 0 Å². The minimum absolute atomic E-state index is 0.869. The molecule has 0 aliphatic heterocycles. The fraction of sp³-hybridized carbons (Fsp3) is 0.636. The molecule has 1 N–H and O–H groups in total. The van der Waals surface area contributed by atoms with Crippen molar-refractivity contribution in [1.82, 2.24) is 15.3 Å². The number of hydrogen-bond donors (Lipinski definition) is 1. The van der Waals surface area contributed by atoms with Crippen LogP contribution >= 0.6 is 11.8 Å². The van der Waals surface area contributed by atoms with Crippen LogP contribution in [0.1, 0.15) is 29.7 Å². The molecule has 0 bridgehead atoms. The predicted octanol–water partition coefficient (Wildman–Crippen LogP) is 2.07. The highest BCUT2D eigenvalue weighted by molar-refractivity contribution is 7.97. The lowest BCUT2D eigenvalue weighted by molar-refractivity contribution is 0.707. The summed E-state index contributed by atoms with van der Waals surface area (Å²) in [6.45, 7) is 8.07. The average molecular weight is 225 g/mol. The quantitative estimate of drug-likeness (QED) is 0.832. The van der Waals surface area contributed by atoms with Gasteiger partial charge in [0.05, 0.1) is 5.75 Å². The van der Waals surface area contributed by atoms with Crippen LogP contribution < -0.4 is 5.32 Å². The molecule has 0 saturated carbocycles. The zero-order valence-corrected chi connectivity index (χ0v) is 10.7. The molecule has 0 saturated heterocycles. The Bertz CT molecular complexity index is 303. The first-order valence-electron chi connectivity index (χ1n) is 5.21. The standard InChI is InChI=1S/C11H19N3S/c1-5-12-6-10-8(2)13-11(7-15-4)14-9(10)3/h12H,5-7H2,1-4H3. The molecule has 0 spiro atoms. The van der Waals surface area contributed by atoms with E-state index in [9.17, 15) is 0 Å². The third-order valence-electron chi connectivity index (χ3n) is 2.29. The second-order valence-corrected chi connectivity index (χ2v) is 4.37. The molecule has 84 valence electrons. The molecule has 1 aromatic heterocycles. The lowest BCUT2D eigenvalue weighted by atomic mass is 10.1. The van der Waals surface area contributed by atoms with Crippen molar-refractivity contribution in [1.29, 1.82) is 0 Å². The summed E-state index contributed by atoms with van der Waals surface area (Å²) in [4.78, 5) is 9.01. The fourth-order valence-electron chi connectivity index (χ4n) is 1.51. The summed E-state index contributed by atoms with van der Waals surface area (Å²) in [6, 6.07) is 0. The van der Waals surface area contributed by atoms with Gasteiger partial charge in [-0.2, -0.15) is 11.8 Å². The second-order valence-electron chi connectivity index (χ2n) is 3.50. The molecule has 0 aliphatic rings. The van der Waals surface area contributed by atoms with Gasteiger partial charge in [0.25, 0.3) is 0 Å². The molecule has 1 heterocycles. The van der Waals surface area contributed by atoms with Crippen LogP contribution in [0.5, 0.6) is 0 Å². The van der Waals surface area contributed by atoms with E-state index in [0.717, 1.165) is 36.1 Å². The van der Waals surface area contributed by atoms with E-state index >= 15 is 0 Å². The van der Waals surface area contributed by atoms with Crippen LogP contribution in [0.25, 0.3) is 0 Å². The molecule has 0 aliphatic carbocycles. The molecule has 0 atom stereocenters. The average Bonchev–Trinajstić information content (AvgIpc) is 2.17. The van der Waals surface area contributed by atoms with E-state index in [2.05, 4.69) is 42.3 Å². The Labute approximate surface area is 96.1 Å². The number of nitrogens with zero attached hydrogens (tertiary/aromatic N) is 2. The van der Waals surface area contributed by atoms with Gasteiger partial charge in [0.2, 0.25) is 0 Å². The molecule has 3 nitrogen and oxygen atoms in total. The summed E-state index contributed by atoms with van der Waals surface area (Å²) in [6.07, 6.45) is 2.07. The maximum absolute atomic E-state index is 4.50. The van der Waals surface area contributed by atoms with Gasteiger partial charge < -0.3 is 5.32 Å². The molecule has 0 radical (unpaired) electrons. The Kier molecular flexibility index (Phi) is 5.05. The number of aryl methyl sites for hydroxylation is 2. The lowest BCUT2D eigenvalue weighted by Gasteiger charge is -2.10. The van der Waals surface area contributed by atoms with Crippen molar-refractivity contribution in [3.8, 4) is 0 Å². The van der Waals surface area contributed by atoms with Gasteiger partial charge in [0.1, 0.15) is 5.82 Å². The molecule has 0 unspecified atom stereocenters. The first-order chi connectivity index (χ1) is 7.19. The maximum atomic E-state index is 4.50. The number of aromatic nitrogens is 2. The number of nitrogens with one attached hydrogen (secondary N) is 1. The summed E-state index contributed by atoms with van der Waals surface area (Å²) in [5.41, 5.74) is 3.45. The highest BCUT2D eigenvalue weighted by atomic mass is 32.2. The monoisotopic (exact) mass is 225 g/mol. The van der Waals surface area contributed by atoms with E-state index < -0.39 is 0 Å². The van der Waals surface area contributed by atoms with Crippen LogP contribution in [-0.4, -0.2) is 22.8 Å². The molecular formula is C11H19N3S. The topological polar surface area (TPSA) is 37.8 Å². The minimum atomic E-state index is 0.869. The van der Waals surface area contributed by atoms with Crippen LogP contribution in [0.3, 0.4) is 0 Å². The van der Waals surface area contributed by atoms with E-state index in [1.807, 2.05) is 0 Å². The van der Waals surface area contributed by atoms with Crippen molar-refractivity contribution in [2.75, 3.05) is 12.8 Å². The first-order valence-corrected chi connectivity index (χ1v) is 6.61. The molecular weight excluding hydrogens is 206 g/mol. The van der Waals surface area contributed by atoms with E-state index in [4.69, 9.17) is 0 Å². The van der Waals surface area contributed by atoms with Gasteiger partial charge in [-0.1, -0.05) is 6.92 Å². The van der Waals surface area contributed by atoms with Gasteiger partial charge in [-0.25, -0.2) is 9.97 Å². The molecule has 1 aromatic rings. The Morgan fingerprint density at radius 2 is 1.80 bits per heavy atom. The van der Waals surface area contributed by atoms with Crippen molar-refractivity contribution >= 4 is 11.8 Å². The highest BCUT2D eigenvalue weighted by Crippen LogP contribution is 2.12. The van der Waals surface area contributed by atoms with Crippen molar-refractivity contribution in [2.24, 2.45) is 0 Å². The zero-order valence-electron chi connectivity index (χ0n) is 9.92.